The van der Waals surface area contributed by atoms with Gasteiger partial charge in [-0.25, -0.2) is 4.79 Å². The minimum absolute atomic E-state index is 0.0342. The van der Waals surface area contributed by atoms with Gasteiger partial charge < -0.3 is 15.5 Å². The van der Waals surface area contributed by atoms with Crippen LogP contribution in [0.2, 0.25) is 0 Å². The zero-order valence-corrected chi connectivity index (χ0v) is 9.34. The Kier molecular flexibility index (Phi) is 4.20. The Bertz CT molecular complexity index is 190. The summed E-state index contributed by atoms with van der Waals surface area (Å²) in [5.74, 6) is 0.587. The molecule has 0 aromatic carbocycles. The van der Waals surface area contributed by atoms with Crippen LogP contribution in [0.3, 0.4) is 0 Å². The van der Waals surface area contributed by atoms with Crippen LogP contribution in [0.4, 0.5) is 4.79 Å². The highest BCUT2D eigenvalue weighted by Crippen LogP contribution is 2.12. The molecule has 4 nitrogen and oxygen atoms in total. The zero-order chi connectivity index (χ0) is 10.6. The zero-order valence-electron chi connectivity index (χ0n) is 9.34. The van der Waals surface area contributed by atoms with Gasteiger partial charge in [-0.15, -0.1) is 0 Å². The van der Waals surface area contributed by atoms with E-state index in [0.29, 0.717) is 5.92 Å². The number of amides is 2. The minimum atomic E-state index is 0.0342. The smallest absolute Gasteiger partial charge is 0.317 e. The number of carbonyl (C=O) groups excluding carboxylic acids is 1. The summed E-state index contributed by atoms with van der Waals surface area (Å²) < 4.78 is 0. The molecule has 0 radical (unpaired) electrons. The van der Waals surface area contributed by atoms with Gasteiger partial charge in [-0.2, -0.15) is 0 Å². The molecule has 2 amide bonds. The van der Waals surface area contributed by atoms with Gasteiger partial charge in [0.2, 0.25) is 0 Å². The van der Waals surface area contributed by atoms with Gasteiger partial charge in [0, 0.05) is 19.6 Å². The maximum Gasteiger partial charge on any atom is 0.317 e. The van der Waals surface area contributed by atoms with Gasteiger partial charge in [-0.05, 0) is 39.3 Å². The van der Waals surface area contributed by atoms with E-state index >= 15 is 0 Å². The normalized spacial score (nSPS) is 23.2. The molecule has 1 aliphatic heterocycles. The Balaban J connectivity index is 2.31. The molecule has 2 atom stereocenters. The van der Waals surface area contributed by atoms with Crippen molar-refractivity contribution < 1.29 is 4.79 Å². The van der Waals surface area contributed by atoms with Crippen LogP contribution in [0, 0.1) is 5.92 Å². The maximum atomic E-state index is 11.5. The Hall–Kier alpha value is -0.770. The standard InChI is InChI=1S/C10H21N3O/c1-4-13(3)10(14)12-8(2)9-5-6-11-7-9/h8-9,11H,4-7H2,1-3H3,(H,12,14). The monoisotopic (exact) mass is 199 g/mol. The molecule has 14 heavy (non-hydrogen) atoms. The van der Waals surface area contributed by atoms with E-state index in [2.05, 4.69) is 17.6 Å². The lowest BCUT2D eigenvalue weighted by Crippen LogP contribution is -2.45. The quantitative estimate of drug-likeness (QED) is 0.701. The fourth-order valence-corrected chi connectivity index (χ4v) is 1.67. The molecular formula is C10H21N3O. The third-order valence-corrected chi connectivity index (χ3v) is 2.98. The van der Waals surface area contributed by atoms with Gasteiger partial charge in [0.1, 0.15) is 0 Å². The Labute approximate surface area is 86.0 Å². The van der Waals surface area contributed by atoms with Gasteiger partial charge in [-0.1, -0.05) is 0 Å². The SMILES string of the molecule is CCN(C)C(=O)NC(C)C1CCNC1. The van der Waals surface area contributed by atoms with Crippen molar-refractivity contribution in [2.45, 2.75) is 26.3 Å². The molecule has 2 unspecified atom stereocenters. The van der Waals surface area contributed by atoms with Crippen LogP contribution in [0.15, 0.2) is 0 Å². The molecule has 82 valence electrons. The van der Waals surface area contributed by atoms with Crippen molar-refractivity contribution in [1.29, 1.82) is 0 Å². The summed E-state index contributed by atoms with van der Waals surface area (Å²) in [5, 5.41) is 6.32. The molecule has 1 aliphatic rings. The number of hydrogen-bond donors (Lipinski definition) is 2. The summed E-state index contributed by atoms with van der Waals surface area (Å²) in [6.07, 6.45) is 1.16. The molecule has 1 fully saturated rings. The number of nitrogens with zero attached hydrogens (tertiary/aromatic N) is 1. The van der Waals surface area contributed by atoms with Crippen molar-refractivity contribution in [3.8, 4) is 0 Å². The number of nitrogens with one attached hydrogen (secondary N) is 2. The summed E-state index contributed by atoms with van der Waals surface area (Å²) in [6, 6.07) is 0.304. The highest BCUT2D eigenvalue weighted by atomic mass is 16.2. The predicted octanol–water partition coefficient (Wildman–Crippen LogP) is 0.646. The number of hydrogen-bond acceptors (Lipinski definition) is 2. The van der Waals surface area contributed by atoms with E-state index in [4.69, 9.17) is 0 Å². The predicted molar refractivity (Wildman–Crippen MR) is 57.3 cm³/mol. The van der Waals surface area contributed by atoms with Gasteiger partial charge in [-0.3, -0.25) is 0 Å². The van der Waals surface area contributed by atoms with Crippen molar-refractivity contribution in [2.24, 2.45) is 5.92 Å². The highest BCUT2D eigenvalue weighted by molar-refractivity contribution is 5.74. The fourth-order valence-electron chi connectivity index (χ4n) is 1.67. The van der Waals surface area contributed by atoms with E-state index in [1.165, 1.54) is 0 Å². The van der Waals surface area contributed by atoms with E-state index in [-0.39, 0.29) is 12.1 Å². The first-order valence-corrected chi connectivity index (χ1v) is 5.37. The van der Waals surface area contributed by atoms with E-state index in [9.17, 15) is 4.79 Å². The maximum absolute atomic E-state index is 11.5. The molecule has 0 aliphatic carbocycles. The Morgan fingerprint density at radius 3 is 2.93 bits per heavy atom. The molecule has 1 rings (SSSR count). The Morgan fingerprint density at radius 1 is 1.71 bits per heavy atom. The first kappa shape index (κ1) is 11.3. The van der Waals surface area contributed by atoms with Crippen molar-refractivity contribution in [2.75, 3.05) is 26.7 Å². The lowest BCUT2D eigenvalue weighted by molar-refractivity contribution is 0.203. The summed E-state index contributed by atoms with van der Waals surface area (Å²) in [5.41, 5.74) is 0. The van der Waals surface area contributed by atoms with Crippen LogP contribution in [0.5, 0.6) is 0 Å². The second-order valence-electron chi connectivity index (χ2n) is 4.01. The average molecular weight is 199 g/mol. The molecule has 2 N–H and O–H groups in total. The molecule has 4 heteroatoms. The van der Waals surface area contributed by atoms with Crippen LogP contribution in [0.1, 0.15) is 20.3 Å². The second-order valence-corrected chi connectivity index (χ2v) is 4.01. The Morgan fingerprint density at radius 2 is 2.43 bits per heavy atom. The van der Waals surface area contributed by atoms with E-state index in [1.54, 1.807) is 4.90 Å². The van der Waals surface area contributed by atoms with Crippen LogP contribution in [-0.2, 0) is 0 Å². The first-order valence-electron chi connectivity index (χ1n) is 5.37. The third-order valence-electron chi connectivity index (χ3n) is 2.98. The molecule has 0 bridgehead atoms. The van der Waals surface area contributed by atoms with Crippen LogP contribution >= 0.6 is 0 Å². The van der Waals surface area contributed by atoms with Crippen LogP contribution in [0.25, 0.3) is 0 Å². The molecule has 1 saturated heterocycles. The number of carbonyl (C=O) groups is 1. The molecule has 0 saturated carbocycles. The molecule has 0 aromatic heterocycles. The van der Waals surface area contributed by atoms with Gasteiger partial charge >= 0.3 is 6.03 Å². The van der Waals surface area contributed by atoms with Gasteiger partial charge in [0.05, 0.1) is 0 Å². The van der Waals surface area contributed by atoms with Gasteiger partial charge in [0.25, 0.3) is 0 Å². The van der Waals surface area contributed by atoms with E-state index < -0.39 is 0 Å². The van der Waals surface area contributed by atoms with Crippen molar-refractivity contribution in [1.82, 2.24) is 15.5 Å². The second kappa shape index (κ2) is 5.20. The lowest BCUT2D eigenvalue weighted by atomic mass is 10.0. The lowest BCUT2D eigenvalue weighted by Gasteiger charge is -2.23. The van der Waals surface area contributed by atoms with E-state index in [0.717, 1.165) is 26.1 Å². The van der Waals surface area contributed by atoms with Crippen LogP contribution in [-0.4, -0.2) is 43.7 Å². The first-order chi connectivity index (χ1) is 6.65. The summed E-state index contributed by atoms with van der Waals surface area (Å²) >= 11 is 0. The summed E-state index contributed by atoms with van der Waals surface area (Å²) in [4.78, 5) is 13.2. The summed E-state index contributed by atoms with van der Waals surface area (Å²) in [7, 11) is 1.81. The number of rotatable bonds is 3. The average Bonchev–Trinajstić information content (AvgIpc) is 2.69. The van der Waals surface area contributed by atoms with Crippen LogP contribution < -0.4 is 10.6 Å². The van der Waals surface area contributed by atoms with Crippen molar-refractivity contribution in [3.05, 3.63) is 0 Å². The molecular weight excluding hydrogens is 178 g/mol. The largest absolute Gasteiger partial charge is 0.335 e. The molecule has 1 heterocycles. The van der Waals surface area contributed by atoms with Gasteiger partial charge in [0.15, 0.2) is 0 Å². The summed E-state index contributed by atoms with van der Waals surface area (Å²) in [6.45, 7) is 6.91. The highest BCUT2D eigenvalue weighted by Gasteiger charge is 2.23. The number of urea groups is 1. The third kappa shape index (κ3) is 2.87. The van der Waals surface area contributed by atoms with Crippen molar-refractivity contribution >= 4 is 6.03 Å². The van der Waals surface area contributed by atoms with Crippen molar-refractivity contribution in [3.63, 3.8) is 0 Å². The fraction of sp³-hybridized carbons (Fsp3) is 0.900. The van der Waals surface area contributed by atoms with E-state index in [1.807, 2.05) is 14.0 Å². The molecule has 0 aromatic rings. The molecule has 0 spiro atoms. The minimum Gasteiger partial charge on any atom is -0.335 e. The topological polar surface area (TPSA) is 44.4 Å².